The fraction of sp³-hybridized carbons (Fsp3) is 0.704. The third-order valence-corrected chi connectivity index (χ3v) is 9.22. The van der Waals surface area contributed by atoms with E-state index in [0.29, 0.717) is 30.7 Å². The first-order valence-electron chi connectivity index (χ1n) is 14.0. The number of fused-ring (bicyclic) bond motifs is 6. The molecular formula is C27H33ClF2N6O4. The van der Waals surface area contributed by atoms with Crippen LogP contribution in [0.4, 0.5) is 19.4 Å². The van der Waals surface area contributed by atoms with Gasteiger partial charge >= 0.3 is 12.1 Å². The topological polar surface area (TPSA) is 93.1 Å². The highest BCUT2D eigenvalue weighted by Crippen LogP contribution is 2.45. The van der Waals surface area contributed by atoms with Crippen LogP contribution >= 0.6 is 11.6 Å². The third-order valence-electron chi connectivity index (χ3n) is 8.97. The Balaban J connectivity index is 1.26. The molecule has 0 aromatic carbocycles. The molecule has 216 valence electrons. The molecule has 2 bridgehead atoms. The van der Waals surface area contributed by atoms with E-state index in [1.807, 2.05) is 25.7 Å². The summed E-state index contributed by atoms with van der Waals surface area (Å²) in [7, 11) is 0. The van der Waals surface area contributed by atoms with Gasteiger partial charge < -0.3 is 19.1 Å². The molecule has 4 saturated heterocycles. The van der Waals surface area contributed by atoms with E-state index in [-0.39, 0.29) is 60.0 Å². The number of carbonyl (C=O) groups excluding carboxylic acids is 1. The molecule has 1 amide bonds. The second-order valence-corrected chi connectivity index (χ2v) is 13.0. The number of pyridine rings is 1. The molecule has 0 N–H and O–H groups in total. The van der Waals surface area contributed by atoms with Crippen LogP contribution in [0.3, 0.4) is 0 Å². The summed E-state index contributed by atoms with van der Waals surface area (Å²) in [5, 5.41) is -0.0290. The summed E-state index contributed by atoms with van der Waals surface area (Å²) in [5.41, 5.74) is -1.06. The number of rotatable bonds is 3. The maximum absolute atomic E-state index is 15.4. The van der Waals surface area contributed by atoms with Crippen LogP contribution in [-0.4, -0.2) is 99.1 Å². The molecule has 0 saturated carbocycles. The minimum atomic E-state index is -0.898. The van der Waals surface area contributed by atoms with Crippen LogP contribution in [0, 0.1) is 5.82 Å². The summed E-state index contributed by atoms with van der Waals surface area (Å²) in [6.07, 6.45) is 2.52. The van der Waals surface area contributed by atoms with Gasteiger partial charge in [-0.3, -0.25) is 9.80 Å². The largest absolute Gasteiger partial charge is 0.475 e. The predicted molar refractivity (Wildman–Crippen MR) is 142 cm³/mol. The second-order valence-electron chi connectivity index (χ2n) is 12.7. The van der Waals surface area contributed by atoms with Crippen molar-refractivity contribution in [3.05, 3.63) is 11.0 Å². The quantitative estimate of drug-likeness (QED) is 0.499. The van der Waals surface area contributed by atoms with E-state index >= 15 is 4.39 Å². The van der Waals surface area contributed by atoms with Crippen molar-refractivity contribution in [3.8, 4) is 11.9 Å². The Morgan fingerprint density at radius 1 is 1.20 bits per heavy atom. The summed E-state index contributed by atoms with van der Waals surface area (Å²) in [6.45, 7) is 7.64. The number of halogens is 3. The lowest BCUT2D eigenvalue weighted by molar-refractivity contribution is 0.00538. The Kier molecular flexibility index (Phi) is 5.98. The first kappa shape index (κ1) is 26.2. The molecule has 0 radical (unpaired) electrons. The number of carbonyl (C=O) groups is 1. The number of ether oxygens (including phenoxy) is 3. The van der Waals surface area contributed by atoms with Crippen molar-refractivity contribution in [2.45, 2.75) is 88.3 Å². The third kappa shape index (κ3) is 4.12. The van der Waals surface area contributed by atoms with Crippen LogP contribution in [0.1, 0.15) is 52.9 Å². The monoisotopic (exact) mass is 578 g/mol. The minimum Gasteiger partial charge on any atom is -0.475 e. The molecule has 5 aliphatic rings. The molecule has 40 heavy (non-hydrogen) atoms. The predicted octanol–water partition coefficient (Wildman–Crippen LogP) is 4.12. The number of amides is 1. The van der Waals surface area contributed by atoms with Gasteiger partial charge in [-0.05, 0) is 53.0 Å². The van der Waals surface area contributed by atoms with E-state index in [1.165, 1.54) is 0 Å². The highest BCUT2D eigenvalue weighted by molar-refractivity contribution is 6.30. The van der Waals surface area contributed by atoms with E-state index in [2.05, 4.69) is 19.8 Å². The van der Waals surface area contributed by atoms with Crippen molar-refractivity contribution >= 4 is 34.4 Å². The summed E-state index contributed by atoms with van der Waals surface area (Å²) in [6, 6.07) is -0.577. The average Bonchev–Trinajstić information content (AvgIpc) is 3.48. The highest BCUT2D eigenvalue weighted by atomic mass is 35.5. The Bertz CT molecular complexity index is 1380. The van der Waals surface area contributed by atoms with Gasteiger partial charge in [0.25, 0.3) is 0 Å². The normalized spacial score (nSPS) is 31.1. The van der Waals surface area contributed by atoms with Crippen molar-refractivity contribution in [2.24, 2.45) is 0 Å². The van der Waals surface area contributed by atoms with Gasteiger partial charge in [0.05, 0.1) is 23.7 Å². The molecule has 0 unspecified atom stereocenters. The smallest absolute Gasteiger partial charge is 0.410 e. The lowest BCUT2D eigenvalue weighted by Crippen LogP contribution is -2.63. The fourth-order valence-electron chi connectivity index (χ4n) is 7.35. The van der Waals surface area contributed by atoms with Crippen LogP contribution < -0.4 is 14.4 Å². The van der Waals surface area contributed by atoms with Gasteiger partial charge in [0, 0.05) is 19.5 Å². The van der Waals surface area contributed by atoms with Gasteiger partial charge in [0.15, 0.2) is 11.0 Å². The fourth-order valence-corrected chi connectivity index (χ4v) is 7.51. The molecule has 7 heterocycles. The van der Waals surface area contributed by atoms with Gasteiger partial charge in [0.2, 0.25) is 5.88 Å². The number of hydrogen-bond acceptors (Lipinski definition) is 9. The van der Waals surface area contributed by atoms with E-state index in [0.717, 1.165) is 32.2 Å². The summed E-state index contributed by atoms with van der Waals surface area (Å²) in [4.78, 5) is 32.6. The Morgan fingerprint density at radius 2 is 2.02 bits per heavy atom. The van der Waals surface area contributed by atoms with Crippen LogP contribution in [-0.2, 0) is 4.74 Å². The SMILES string of the molecule is CC(C)(C)OC(=O)N1[C@H]2CC[C@@H]1[C@H]1COc3nc(Cl)c(F)c4nc(OC[C@@]56CCCN5C[C@H](F)C6)nc(c34)N1C2. The van der Waals surface area contributed by atoms with Crippen molar-refractivity contribution in [2.75, 3.05) is 37.7 Å². The lowest BCUT2D eigenvalue weighted by Gasteiger charge is -2.46. The van der Waals surface area contributed by atoms with E-state index < -0.39 is 23.1 Å². The maximum atomic E-state index is 15.4. The minimum absolute atomic E-state index is 0.000665. The lowest BCUT2D eigenvalue weighted by atomic mass is 9.95. The highest BCUT2D eigenvalue weighted by Gasteiger charge is 2.52. The second kappa shape index (κ2) is 9.14. The average molecular weight is 579 g/mol. The molecule has 7 rings (SSSR count). The number of hydrogen-bond donors (Lipinski definition) is 0. The molecule has 0 spiro atoms. The van der Waals surface area contributed by atoms with Crippen LogP contribution in [0.5, 0.6) is 11.9 Å². The zero-order chi connectivity index (χ0) is 28.0. The zero-order valence-corrected chi connectivity index (χ0v) is 23.6. The van der Waals surface area contributed by atoms with Gasteiger partial charge in [0.1, 0.15) is 41.7 Å². The molecular weight excluding hydrogens is 546 g/mol. The van der Waals surface area contributed by atoms with Crippen molar-refractivity contribution in [1.82, 2.24) is 24.8 Å². The number of nitrogens with zero attached hydrogens (tertiary/aromatic N) is 6. The zero-order valence-electron chi connectivity index (χ0n) is 22.8. The van der Waals surface area contributed by atoms with E-state index in [9.17, 15) is 9.18 Å². The Labute approximate surface area is 235 Å². The van der Waals surface area contributed by atoms with Gasteiger partial charge in [-0.15, -0.1) is 0 Å². The van der Waals surface area contributed by atoms with Gasteiger partial charge in [-0.1, -0.05) is 11.6 Å². The first-order chi connectivity index (χ1) is 19.0. The molecule has 5 aliphatic heterocycles. The molecule has 2 aromatic rings. The summed E-state index contributed by atoms with van der Waals surface area (Å²) in [5.74, 6) is -0.192. The molecule has 4 fully saturated rings. The van der Waals surface area contributed by atoms with Gasteiger partial charge in [-0.2, -0.15) is 15.0 Å². The van der Waals surface area contributed by atoms with Crippen molar-refractivity contribution in [1.29, 1.82) is 0 Å². The molecule has 13 heteroatoms. The molecule has 10 nitrogen and oxygen atoms in total. The van der Waals surface area contributed by atoms with Crippen LogP contribution in [0.15, 0.2) is 0 Å². The summed E-state index contributed by atoms with van der Waals surface area (Å²) < 4.78 is 47.7. The van der Waals surface area contributed by atoms with Crippen molar-refractivity contribution < 1.29 is 27.8 Å². The Hall–Kier alpha value is -2.73. The number of aromatic nitrogens is 3. The van der Waals surface area contributed by atoms with Crippen molar-refractivity contribution in [3.63, 3.8) is 0 Å². The summed E-state index contributed by atoms with van der Waals surface area (Å²) >= 11 is 6.17. The number of piperazine rings is 1. The number of alkyl halides is 1. The number of anilines is 1. The molecule has 0 aliphatic carbocycles. The first-order valence-corrected chi connectivity index (χ1v) is 14.4. The van der Waals surface area contributed by atoms with Crippen LogP contribution in [0.25, 0.3) is 10.9 Å². The molecule has 2 aromatic heterocycles. The maximum Gasteiger partial charge on any atom is 0.410 e. The van der Waals surface area contributed by atoms with E-state index in [1.54, 1.807) is 0 Å². The van der Waals surface area contributed by atoms with Crippen LogP contribution in [0.2, 0.25) is 5.15 Å². The molecule has 5 atom stereocenters. The van der Waals surface area contributed by atoms with E-state index in [4.69, 9.17) is 30.8 Å². The standard InChI is InChI=1S/C27H33ClF2N6O4/c1-26(2,3)40-25(37)36-15-5-6-16(36)17-12-38-23-18-20(19(30)21(28)32-23)31-24(33-22(18)35(17)11-15)39-13-27-7-4-8-34(27)10-14(29)9-27/h14-17H,4-13H2,1-3H3/t14-,15+,16-,17-,27+/m1/s1. The Morgan fingerprint density at radius 3 is 2.83 bits per heavy atom. The van der Waals surface area contributed by atoms with Gasteiger partial charge in [-0.25, -0.2) is 13.6 Å².